The molecule has 1 aliphatic heterocycles. The number of carbonyl (C=O) groups is 1. The fourth-order valence-electron chi connectivity index (χ4n) is 4.90. The lowest BCUT2D eigenvalue weighted by atomic mass is 9.68. The first kappa shape index (κ1) is 18.5. The fourth-order valence-corrected chi connectivity index (χ4v) is 4.90. The van der Waals surface area contributed by atoms with Gasteiger partial charge in [0.1, 0.15) is 5.82 Å². The van der Waals surface area contributed by atoms with Crippen molar-refractivity contribution in [2.45, 2.75) is 57.9 Å². The second-order valence-corrected chi connectivity index (χ2v) is 8.58. The Labute approximate surface area is 161 Å². The number of ether oxygens (including phenoxy) is 1. The summed E-state index contributed by atoms with van der Waals surface area (Å²) in [7, 11) is 1.71. The maximum atomic E-state index is 13.3. The van der Waals surface area contributed by atoms with Crippen molar-refractivity contribution in [2.75, 3.05) is 26.8 Å². The van der Waals surface area contributed by atoms with Crippen molar-refractivity contribution in [1.82, 2.24) is 14.5 Å². The summed E-state index contributed by atoms with van der Waals surface area (Å²) in [6.07, 6.45) is 5.20. The van der Waals surface area contributed by atoms with Gasteiger partial charge in [-0.25, -0.2) is 4.98 Å². The van der Waals surface area contributed by atoms with E-state index in [0.29, 0.717) is 24.5 Å². The summed E-state index contributed by atoms with van der Waals surface area (Å²) in [5.41, 5.74) is 1.98. The van der Waals surface area contributed by atoms with Gasteiger partial charge in [0.25, 0.3) is 0 Å². The van der Waals surface area contributed by atoms with Crippen LogP contribution in [0, 0.1) is 5.41 Å². The Bertz CT molecular complexity index is 822. The Hall–Kier alpha value is -1.88. The van der Waals surface area contributed by atoms with E-state index in [-0.39, 0.29) is 5.41 Å². The SMILES string of the molecule is COCC1(C(=O)N2CCCC(c3nc4ccccc4n3C(C)C)C2)CCC1. The molecule has 0 bridgehead atoms. The highest BCUT2D eigenvalue weighted by Gasteiger charge is 2.47. The van der Waals surface area contributed by atoms with Crippen molar-refractivity contribution in [3.63, 3.8) is 0 Å². The van der Waals surface area contributed by atoms with Gasteiger partial charge in [0, 0.05) is 32.2 Å². The van der Waals surface area contributed by atoms with Gasteiger partial charge in [0.05, 0.1) is 23.1 Å². The van der Waals surface area contributed by atoms with Crippen LogP contribution in [0.25, 0.3) is 11.0 Å². The molecule has 1 saturated heterocycles. The molecule has 5 nitrogen and oxygen atoms in total. The number of piperidine rings is 1. The Morgan fingerprint density at radius 1 is 1.30 bits per heavy atom. The number of imidazole rings is 1. The molecule has 2 aliphatic rings. The van der Waals surface area contributed by atoms with Crippen molar-refractivity contribution >= 4 is 16.9 Å². The topological polar surface area (TPSA) is 47.4 Å². The molecule has 1 aromatic heterocycles. The van der Waals surface area contributed by atoms with Gasteiger partial charge >= 0.3 is 0 Å². The highest BCUT2D eigenvalue weighted by atomic mass is 16.5. The summed E-state index contributed by atoms with van der Waals surface area (Å²) >= 11 is 0. The average Bonchev–Trinajstić information content (AvgIpc) is 3.04. The highest BCUT2D eigenvalue weighted by molar-refractivity contribution is 5.84. The van der Waals surface area contributed by atoms with E-state index >= 15 is 0 Å². The normalized spacial score (nSPS) is 22.2. The van der Waals surface area contributed by atoms with E-state index in [0.717, 1.165) is 56.5 Å². The Balaban J connectivity index is 1.61. The third kappa shape index (κ3) is 3.16. The quantitative estimate of drug-likeness (QED) is 0.796. The summed E-state index contributed by atoms with van der Waals surface area (Å²) in [6.45, 7) is 6.62. The molecule has 1 atom stereocenters. The molecule has 2 fully saturated rings. The zero-order chi connectivity index (χ0) is 19.0. The summed E-state index contributed by atoms with van der Waals surface area (Å²) in [5.74, 6) is 1.74. The van der Waals surface area contributed by atoms with E-state index in [1.807, 2.05) is 6.07 Å². The van der Waals surface area contributed by atoms with Crippen LogP contribution in [0.15, 0.2) is 24.3 Å². The number of rotatable bonds is 5. The van der Waals surface area contributed by atoms with Gasteiger partial charge in [0.15, 0.2) is 0 Å². The summed E-state index contributed by atoms with van der Waals surface area (Å²) in [5, 5.41) is 0. The number of carbonyl (C=O) groups excluding carboxylic acids is 1. The third-order valence-electron chi connectivity index (χ3n) is 6.40. The number of likely N-dealkylation sites (tertiary alicyclic amines) is 1. The zero-order valence-corrected chi connectivity index (χ0v) is 16.8. The van der Waals surface area contributed by atoms with Gasteiger partial charge in [-0.3, -0.25) is 4.79 Å². The molecular formula is C22H31N3O2. The van der Waals surface area contributed by atoms with Crippen LogP contribution < -0.4 is 0 Å². The highest BCUT2D eigenvalue weighted by Crippen LogP contribution is 2.44. The van der Waals surface area contributed by atoms with Crippen LogP contribution in [-0.4, -0.2) is 47.2 Å². The number of hydrogen-bond donors (Lipinski definition) is 0. The van der Waals surface area contributed by atoms with E-state index in [2.05, 4.69) is 41.5 Å². The molecule has 1 aliphatic carbocycles. The Morgan fingerprint density at radius 2 is 2.07 bits per heavy atom. The number of fused-ring (bicyclic) bond motifs is 1. The average molecular weight is 370 g/mol. The molecule has 0 spiro atoms. The summed E-state index contributed by atoms with van der Waals surface area (Å²) < 4.78 is 7.76. The van der Waals surface area contributed by atoms with E-state index in [1.165, 1.54) is 5.52 Å². The third-order valence-corrected chi connectivity index (χ3v) is 6.40. The minimum Gasteiger partial charge on any atom is -0.384 e. The van der Waals surface area contributed by atoms with Gasteiger partial charge in [-0.05, 0) is 51.7 Å². The van der Waals surface area contributed by atoms with Crippen molar-refractivity contribution in [1.29, 1.82) is 0 Å². The first-order valence-electron chi connectivity index (χ1n) is 10.3. The minimum absolute atomic E-state index is 0.269. The first-order valence-corrected chi connectivity index (χ1v) is 10.3. The van der Waals surface area contributed by atoms with Crippen LogP contribution in [0.3, 0.4) is 0 Å². The van der Waals surface area contributed by atoms with Crippen LogP contribution in [-0.2, 0) is 9.53 Å². The number of amides is 1. The molecule has 27 heavy (non-hydrogen) atoms. The second kappa shape index (κ2) is 7.27. The molecule has 146 valence electrons. The van der Waals surface area contributed by atoms with Gasteiger partial charge in [-0.1, -0.05) is 18.6 Å². The standard InChI is InChI=1S/C22H31N3O2/c1-16(2)25-19-10-5-4-9-18(19)23-20(25)17-8-6-13-24(14-17)21(26)22(15-27-3)11-7-12-22/h4-5,9-10,16-17H,6-8,11-15H2,1-3H3. The second-order valence-electron chi connectivity index (χ2n) is 8.58. The molecule has 4 rings (SSSR count). The summed E-state index contributed by atoms with van der Waals surface area (Å²) in [4.78, 5) is 20.4. The van der Waals surface area contributed by atoms with Gasteiger partial charge in [-0.2, -0.15) is 0 Å². The van der Waals surface area contributed by atoms with E-state index in [9.17, 15) is 4.79 Å². The van der Waals surface area contributed by atoms with Gasteiger partial charge in [-0.15, -0.1) is 0 Å². The molecule has 0 N–H and O–H groups in total. The predicted octanol–water partition coefficient (Wildman–Crippen LogP) is 4.14. The number of nitrogens with zero attached hydrogens (tertiary/aromatic N) is 3. The van der Waals surface area contributed by atoms with Crippen molar-refractivity contribution in [3.8, 4) is 0 Å². The first-order chi connectivity index (χ1) is 13.1. The molecule has 5 heteroatoms. The molecule has 1 unspecified atom stereocenters. The van der Waals surface area contributed by atoms with Crippen LogP contribution >= 0.6 is 0 Å². The van der Waals surface area contributed by atoms with Crippen LogP contribution in [0.2, 0.25) is 0 Å². The molecule has 1 amide bonds. The number of hydrogen-bond acceptors (Lipinski definition) is 3. The van der Waals surface area contributed by atoms with Gasteiger partial charge < -0.3 is 14.2 Å². The number of benzene rings is 1. The largest absolute Gasteiger partial charge is 0.384 e. The maximum absolute atomic E-state index is 13.3. The summed E-state index contributed by atoms with van der Waals surface area (Å²) in [6, 6.07) is 8.72. The lowest BCUT2D eigenvalue weighted by Crippen LogP contribution is -2.52. The molecule has 2 heterocycles. The van der Waals surface area contributed by atoms with Crippen LogP contribution in [0.1, 0.15) is 63.7 Å². The smallest absolute Gasteiger partial charge is 0.231 e. The number of para-hydroxylation sites is 2. The van der Waals surface area contributed by atoms with E-state index in [4.69, 9.17) is 9.72 Å². The Morgan fingerprint density at radius 3 is 2.74 bits per heavy atom. The van der Waals surface area contributed by atoms with E-state index < -0.39 is 0 Å². The van der Waals surface area contributed by atoms with Crippen LogP contribution in [0.5, 0.6) is 0 Å². The Kier molecular flexibility index (Phi) is 4.97. The molecule has 0 radical (unpaired) electrons. The number of methoxy groups -OCH3 is 1. The lowest BCUT2D eigenvalue weighted by Gasteiger charge is -2.45. The molecular weight excluding hydrogens is 338 g/mol. The van der Waals surface area contributed by atoms with E-state index in [1.54, 1.807) is 7.11 Å². The lowest BCUT2D eigenvalue weighted by molar-refractivity contribution is -0.153. The zero-order valence-electron chi connectivity index (χ0n) is 16.8. The van der Waals surface area contributed by atoms with Crippen molar-refractivity contribution < 1.29 is 9.53 Å². The van der Waals surface area contributed by atoms with Crippen molar-refractivity contribution in [2.24, 2.45) is 5.41 Å². The predicted molar refractivity (Wildman–Crippen MR) is 107 cm³/mol. The number of aromatic nitrogens is 2. The molecule has 1 aromatic carbocycles. The molecule has 2 aromatic rings. The molecule has 1 saturated carbocycles. The minimum atomic E-state index is -0.269. The van der Waals surface area contributed by atoms with Crippen molar-refractivity contribution in [3.05, 3.63) is 30.1 Å². The maximum Gasteiger partial charge on any atom is 0.231 e. The fraction of sp³-hybridized carbons (Fsp3) is 0.636. The van der Waals surface area contributed by atoms with Gasteiger partial charge in [0.2, 0.25) is 5.91 Å². The van der Waals surface area contributed by atoms with Crippen LogP contribution in [0.4, 0.5) is 0 Å². The monoisotopic (exact) mass is 369 g/mol.